The zero-order valence-corrected chi connectivity index (χ0v) is 8.16. The van der Waals surface area contributed by atoms with E-state index in [0.29, 0.717) is 36.9 Å². The fourth-order valence-corrected chi connectivity index (χ4v) is 1.43. The van der Waals surface area contributed by atoms with Gasteiger partial charge in [0.05, 0.1) is 30.9 Å². The molecule has 78 valence electrons. The molecule has 0 atom stereocenters. The summed E-state index contributed by atoms with van der Waals surface area (Å²) in [5.41, 5.74) is 1.22. The van der Waals surface area contributed by atoms with E-state index in [4.69, 9.17) is 10.00 Å². The molecule has 0 amide bonds. The van der Waals surface area contributed by atoms with E-state index in [1.807, 2.05) is 6.07 Å². The average molecular weight is 206 g/mol. The Hall–Kier alpha value is -1.44. The van der Waals surface area contributed by atoms with Gasteiger partial charge in [-0.25, -0.2) is 4.39 Å². The van der Waals surface area contributed by atoms with E-state index >= 15 is 0 Å². The zero-order valence-electron chi connectivity index (χ0n) is 8.16. The lowest BCUT2D eigenvalue weighted by atomic mass is 10.1. The molecule has 1 aliphatic heterocycles. The molecule has 0 spiro atoms. The number of hydrogen-bond donors (Lipinski definition) is 1. The lowest BCUT2D eigenvalue weighted by molar-refractivity contribution is -0.00579. The van der Waals surface area contributed by atoms with Crippen LogP contribution >= 0.6 is 0 Å². The lowest BCUT2D eigenvalue weighted by Crippen LogP contribution is -2.45. The van der Waals surface area contributed by atoms with Crippen LogP contribution in [0.5, 0.6) is 0 Å². The van der Waals surface area contributed by atoms with Crippen molar-refractivity contribution in [3.05, 3.63) is 35.1 Å². The molecule has 1 aliphatic rings. The number of halogens is 1. The van der Waals surface area contributed by atoms with Crippen molar-refractivity contribution in [3.8, 4) is 6.07 Å². The van der Waals surface area contributed by atoms with Gasteiger partial charge in [-0.2, -0.15) is 5.26 Å². The Bertz CT molecular complexity index is 396. The highest BCUT2D eigenvalue weighted by Gasteiger charge is 2.17. The summed E-state index contributed by atoms with van der Waals surface area (Å²) in [5, 5.41) is 12.0. The molecule has 0 unspecified atom stereocenters. The maximum Gasteiger partial charge on any atom is 0.123 e. The standard InChI is InChI=1S/C11H11FN2O/c12-10-2-1-8(4-13)9(3-10)5-14-11-6-15-7-11/h1-3,11,14H,5-7H2. The predicted molar refractivity (Wildman–Crippen MR) is 52.6 cm³/mol. The normalized spacial score (nSPS) is 15.7. The number of nitrogens with one attached hydrogen (secondary N) is 1. The monoisotopic (exact) mass is 206 g/mol. The van der Waals surface area contributed by atoms with Crippen molar-refractivity contribution in [1.82, 2.24) is 5.32 Å². The minimum atomic E-state index is -0.310. The highest BCUT2D eigenvalue weighted by atomic mass is 19.1. The summed E-state index contributed by atoms with van der Waals surface area (Å²) in [5.74, 6) is -0.310. The van der Waals surface area contributed by atoms with Crippen molar-refractivity contribution in [3.63, 3.8) is 0 Å². The van der Waals surface area contributed by atoms with Gasteiger partial charge in [-0.15, -0.1) is 0 Å². The molecule has 3 nitrogen and oxygen atoms in total. The molecule has 1 saturated heterocycles. The first-order valence-electron chi connectivity index (χ1n) is 4.79. The van der Waals surface area contributed by atoms with Gasteiger partial charge in [0.25, 0.3) is 0 Å². The molecule has 1 heterocycles. The van der Waals surface area contributed by atoms with E-state index < -0.39 is 0 Å². The van der Waals surface area contributed by atoms with Crippen LogP contribution in [-0.2, 0) is 11.3 Å². The van der Waals surface area contributed by atoms with E-state index in [1.54, 1.807) is 0 Å². The minimum absolute atomic E-state index is 0.310. The third-order valence-corrected chi connectivity index (χ3v) is 2.41. The Morgan fingerprint density at radius 2 is 2.33 bits per heavy atom. The molecule has 0 radical (unpaired) electrons. The molecule has 0 aromatic heterocycles. The first kappa shape index (κ1) is 10.1. The molecule has 4 heteroatoms. The van der Waals surface area contributed by atoms with Gasteiger partial charge >= 0.3 is 0 Å². The van der Waals surface area contributed by atoms with Crippen molar-refractivity contribution in [1.29, 1.82) is 5.26 Å². The van der Waals surface area contributed by atoms with Crippen LogP contribution < -0.4 is 5.32 Å². The number of benzene rings is 1. The van der Waals surface area contributed by atoms with Gasteiger partial charge in [0.15, 0.2) is 0 Å². The summed E-state index contributed by atoms with van der Waals surface area (Å²) in [6, 6.07) is 6.58. The quantitative estimate of drug-likeness (QED) is 0.807. The Kier molecular flexibility index (Phi) is 2.95. The van der Waals surface area contributed by atoms with Gasteiger partial charge in [-0.3, -0.25) is 0 Å². The topological polar surface area (TPSA) is 45.0 Å². The van der Waals surface area contributed by atoms with E-state index in [0.717, 1.165) is 0 Å². The Morgan fingerprint density at radius 3 is 2.93 bits per heavy atom. The molecule has 1 N–H and O–H groups in total. The Labute approximate surface area is 87.5 Å². The van der Waals surface area contributed by atoms with Gasteiger partial charge in [0.1, 0.15) is 5.82 Å². The third-order valence-electron chi connectivity index (χ3n) is 2.41. The second-order valence-corrected chi connectivity index (χ2v) is 3.53. The molecular weight excluding hydrogens is 195 g/mol. The molecule has 1 fully saturated rings. The van der Waals surface area contributed by atoms with Crippen LogP contribution in [-0.4, -0.2) is 19.3 Å². The number of nitrogens with zero attached hydrogens (tertiary/aromatic N) is 1. The van der Waals surface area contributed by atoms with E-state index in [9.17, 15) is 4.39 Å². The highest BCUT2D eigenvalue weighted by Crippen LogP contribution is 2.11. The molecular formula is C11H11FN2O. The summed E-state index contributed by atoms with van der Waals surface area (Å²) < 4.78 is 17.9. The summed E-state index contributed by atoms with van der Waals surface area (Å²) in [4.78, 5) is 0. The largest absolute Gasteiger partial charge is 0.378 e. The molecule has 0 bridgehead atoms. The van der Waals surface area contributed by atoms with Crippen LogP contribution in [0.2, 0.25) is 0 Å². The van der Waals surface area contributed by atoms with E-state index in [1.165, 1.54) is 18.2 Å². The van der Waals surface area contributed by atoms with Gasteiger partial charge in [0, 0.05) is 6.54 Å². The first-order valence-corrected chi connectivity index (χ1v) is 4.79. The summed E-state index contributed by atoms with van der Waals surface area (Å²) in [7, 11) is 0. The Balaban J connectivity index is 2.05. The van der Waals surface area contributed by atoms with Gasteiger partial charge in [-0.05, 0) is 23.8 Å². The minimum Gasteiger partial charge on any atom is -0.378 e. The van der Waals surface area contributed by atoms with Gasteiger partial charge < -0.3 is 10.1 Å². The first-order chi connectivity index (χ1) is 7.29. The maximum atomic E-state index is 12.9. The van der Waals surface area contributed by atoms with Crippen molar-refractivity contribution in [2.24, 2.45) is 0 Å². The van der Waals surface area contributed by atoms with Crippen LogP contribution in [0.15, 0.2) is 18.2 Å². The fourth-order valence-electron chi connectivity index (χ4n) is 1.43. The summed E-state index contributed by atoms with van der Waals surface area (Å²) in [6.07, 6.45) is 0. The molecule has 0 aliphatic carbocycles. The van der Waals surface area contributed by atoms with Crippen molar-refractivity contribution in [2.45, 2.75) is 12.6 Å². The highest BCUT2D eigenvalue weighted by molar-refractivity contribution is 5.37. The summed E-state index contributed by atoms with van der Waals surface area (Å²) in [6.45, 7) is 1.89. The number of ether oxygens (including phenoxy) is 1. The Morgan fingerprint density at radius 1 is 1.53 bits per heavy atom. The fraction of sp³-hybridized carbons (Fsp3) is 0.364. The lowest BCUT2D eigenvalue weighted by Gasteiger charge is -2.27. The van der Waals surface area contributed by atoms with Crippen molar-refractivity contribution in [2.75, 3.05) is 13.2 Å². The van der Waals surface area contributed by atoms with Crippen LogP contribution in [0.4, 0.5) is 4.39 Å². The predicted octanol–water partition coefficient (Wildman–Crippen LogP) is 1.19. The van der Waals surface area contributed by atoms with Gasteiger partial charge in [-0.1, -0.05) is 0 Å². The SMILES string of the molecule is N#Cc1ccc(F)cc1CNC1COC1. The van der Waals surface area contributed by atoms with Crippen LogP contribution in [0.3, 0.4) is 0 Å². The van der Waals surface area contributed by atoms with Crippen molar-refractivity contribution >= 4 is 0 Å². The van der Waals surface area contributed by atoms with Crippen LogP contribution in [0.25, 0.3) is 0 Å². The van der Waals surface area contributed by atoms with E-state index in [-0.39, 0.29) is 5.82 Å². The second-order valence-electron chi connectivity index (χ2n) is 3.53. The molecule has 1 aromatic carbocycles. The van der Waals surface area contributed by atoms with Gasteiger partial charge in [0.2, 0.25) is 0 Å². The number of nitriles is 1. The van der Waals surface area contributed by atoms with Crippen LogP contribution in [0.1, 0.15) is 11.1 Å². The van der Waals surface area contributed by atoms with Crippen molar-refractivity contribution < 1.29 is 9.13 Å². The molecule has 1 aromatic rings. The smallest absolute Gasteiger partial charge is 0.123 e. The zero-order chi connectivity index (χ0) is 10.7. The van der Waals surface area contributed by atoms with Crippen LogP contribution in [0, 0.1) is 17.1 Å². The maximum absolute atomic E-state index is 12.9. The third kappa shape index (κ3) is 2.32. The molecule has 0 saturated carbocycles. The molecule has 15 heavy (non-hydrogen) atoms. The molecule has 2 rings (SSSR count). The average Bonchev–Trinajstić information content (AvgIpc) is 2.16. The second kappa shape index (κ2) is 4.39. The van der Waals surface area contributed by atoms with E-state index in [2.05, 4.69) is 5.32 Å². The number of rotatable bonds is 3. The number of hydrogen-bond acceptors (Lipinski definition) is 3. The summed E-state index contributed by atoms with van der Waals surface area (Å²) >= 11 is 0.